The first-order chi connectivity index (χ1) is 14.0. The van der Waals surface area contributed by atoms with E-state index in [-0.39, 0.29) is 23.7 Å². The van der Waals surface area contributed by atoms with Crippen molar-refractivity contribution in [1.82, 2.24) is 4.57 Å². The second kappa shape index (κ2) is 7.23. The van der Waals surface area contributed by atoms with Gasteiger partial charge in [0.15, 0.2) is 5.58 Å². The van der Waals surface area contributed by atoms with E-state index < -0.39 is 10.7 Å². The number of anilines is 1. The van der Waals surface area contributed by atoms with Gasteiger partial charge in [-0.05, 0) is 35.9 Å². The van der Waals surface area contributed by atoms with Crippen LogP contribution in [0.3, 0.4) is 0 Å². The molecule has 0 bridgehead atoms. The van der Waals surface area contributed by atoms with Crippen molar-refractivity contribution in [1.29, 1.82) is 0 Å². The zero-order chi connectivity index (χ0) is 20.5. The fourth-order valence-electron chi connectivity index (χ4n) is 3.39. The van der Waals surface area contributed by atoms with Gasteiger partial charge < -0.3 is 9.32 Å². The summed E-state index contributed by atoms with van der Waals surface area (Å²) in [6.45, 7) is 2.05. The summed E-state index contributed by atoms with van der Waals surface area (Å²) in [6.07, 6.45) is 0. The molecule has 0 radical (unpaired) electrons. The maximum absolute atomic E-state index is 13.0. The number of rotatable bonds is 5. The van der Waals surface area contributed by atoms with E-state index in [1.165, 1.54) is 22.8 Å². The zero-order valence-corrected chi connectivity index (χ0v) is 15.6. The van der Waals surface area contributed by atoms with Crippen molar-refractivity contribution >= 4 is 39.2 Å². The first-order valence-corrected chi connectivity index (χ1v) is 9.05. The van der Waals surface area contributed by atoms with Crippen LogP contribution in [0.5, 0.6) is 0 Å². The van der Waals surface area contributed by atoms with E-state index in [1.54, 1.807) is 4.90 Å². The third kappa shape index (κ3) is 3.36. The maximum atomic E-state index is 13.0. The number of likely N-dealkylation sites (N-methyl/N-ethyl adjacent to an activating group) is 1. The molecule has 8 heteroatoms. The molecule has 0 aliphatic carbocycles. The lowest BCUT2D eigenvalue weighted by atomic mass is 10.1. The molecule has 0 unspecified atom stereocenters. The molecule has 29 heavy (non-hydrogen) atoms. The molecule has 1 amide bonds. The fourth-order valence-corrected chi connectivity index (χ4v) is 3.39. The lowest BCUT2D eigenvalue weighted by Crippen LogP contribution is -2.35. The lowest BCUT2D eigenvalue weighted by molar-refractivity contribution is -0.384. The van der Waals surface area contributed by atoms with E-state index in [0.717, 1.165) is 16.5 Å². The van der Waals surface area contributed by atoms with Gasteiger partial charge in [0.05, 0.1) is 16.5 Å². The zero-order valence-electron chi connectivity index (χ0n) is 15.6. The number of amides is 1. The standard InChI is InChI=1S/C21H17N3O5/c1-2-22(16-8-7-14-5-3-4-6-15(14)11-16)20(25)13-23-18-10-9-17(24(27)28)12-19(18)29-21(23)26/h3-12H,2,13H2,1H3. The van der Waals surface area contributed by atoms with Crippen LogP contribution in [0.4, 0.5) is 11.4 Å². The highest BCUT2D eigenvalue weighted by Crippen LogP contribution is 2.23. The molecule has 0 aliphatic rings. The van der Waals surface area contributed by atoms with Gasteiger partial charge in [-0.2, -0.15) is 0 Å². The highest BCUT2D eigenvalue weighted by molar-refractivity contribution is 5.96. The molecular formula is C21H17N3O5. The summed E-state index contributed by atoms with van der Waals surface area (Å²) in [5, 5.41) is 13.0. The van der Waals surface area contributed by atoms with Gasteiger partial charge in [0.1, 0.15) is 6.54 Å². The monoisotopic (exact) mass is 391 g/mol. The third-order valence-electron chi connectivity index (χ3n) is 4.82. The number of hydrogen-bond acceptors (Lipinski definition) is 5. The first-order valence-electron chi connectivity index (χ1n) is 9.05. The molecule has 0 saturated heterocycles. The van der Waals surface area contributed by atoms with Crippen molar-refractivity contribution in [3.8, 4) is 0 Å². The quantitative estimate of drug-likeness (QED) is 0.381. The Bertz CT molecular complexity index is 1300. The third-order valence-corrected chi connectivity index (χ3v) is 4.82. The minimum Gasteiger partial charge on any atom is -0.407 e. The number of carbonyl (C=O) groups excluding carboxylic acids is 1. The summed E-state index contributed by atoms with van der Waals surface area (Å²) in [7, 11) is 0. The van der Waals surface area contributed by atoms with Crippen LogP contribution in [-0.2, 0) is 11.3 Å². The molecule has 0 atom stereocenters. The molecule has 8 nitrogen and oxygen atoms in total. The predicted octanol–water partition coefficient (Wildman–Crippen LogP) is 3.71. The molecule has 146 valence electrons. The van der Waals surface area contributed by atoms with Gasteiger partial charge in [-0.15, -0.1) is 0 Å². The minimum atomic E-state index is -0.733. The SMILES string of the molecule is CCN(C(=O)Cn1c(=O)oc2cc([N+](=O)[O-])ccc21)c1ccc2ccccc2c1. The molecule has 0 spiro atoms. The van der Waals surface area contributed by atoms with Crippen molar-refractivity contribution in [3.05, 3.63) is 81.3 Å². The number of carbonyl (C=O) groups is 1. The fraction of sp³-hybridized carbons (Fsp3) is 0.143. The Labute approximate surface area is 164 Å². The van der Waals surface area contributed by atoms with Gasteiger partial charge in [-0.3, -0.25) is 19.5 Å². The Morgan fingerprint density at radius 3 is 2.59 bits per heavy atom. The predicted molar refractivity (Wildman–Crippen MR) is 109 cm³/mol. The van der Waals surface area contributed by atoms with Crippen molar-refractivity contribution in [2.75, 3.05) is 11.4 Å². The molecule has 1 heterocycles. The van der Waals surface area contributed by atoms with E-state index in [9.17, 15) is 19.7 Å². The molecule has 4 aromatic rings. The first kappa shape index (κ1) is 18.4. The Morgan fingerprint density at radius 2 is 1.86 bits per heavy atom. The van der Waals surface area contributed by atoms with Crippen molar-refractivity contribution in [2.45, 2.75) is 13.5 Å². The van der Waals surface area contributed by atoms with Gasteiger partial charge in [-0.25, -0.2) is 4.79 Å². The van der Waals surface area contributed by atoms with E-state index in [0.29, 0.717) is 12.1 Å². The van der Waals surface area contributed by atoms with Crippen LogP contribution in [0.15, 0.2) is 69.9 Å². The van der Waals surface area contributed by atoms with Crippen LogP contribution < -0.4 is 10.7 Å². The van der Waals surface area contributed by atoms with Crippen LogP contribution in [-0.4, -0.2) is 21.9 Å². The summed E-state index contributed by atoms with van der Waals surface area (Å²) in [5.74, 6) is -1.02. The molecule has 0 saturated carbocycles. The molecule has 0 fully saturated rings. The topological polar surface area (TPSA) is 98.6 Å². The largest absolute Gasteiger partial charge is 0.420 e. The maximum Gasteiger partial charge on any atom is 0.420 e. The molecular weight excluding hydrogens is 374 g/mol. The number of benzene rings is 3. The summed E-state index contributed by atoms with van der Waals surface area (Å²) >= 11 is 0. The average molecular weight is 391 g/mol. The molecule has 1 aromatic heterocycles. The molecule has 4 rings (SSSR count). The Kier molecular flexibility index (Phi) is 4.59. The second-order valence-electron chi connectivity index (χ2n) is 6.53. The van der Waals surface area contributed by atoms with Crippen molar-refractivity contribution < 1.29 is 14.1 Å². The lowest BCUT2D eigenvalue weighted by Gasteiger charge is -2.21. The number of oxazole rings is 1. The normalized spacial score (nSPS) is 11.1. The van der Waals surface area contributed by atoms with Gasteiger partial charge >= 0.3 is 5.76 Å². The van der Waals surface area contributed by atoms with Gasteiger partial charge in [-0.1, -0.05) is 30.3 Å². The Morgan fingerprint density at radius 1 is 1.10 bits per heavy atom. The number of non-ortho nitro benzene ring substituents is 1. The summed E-state index contributed by atoms with van der Waals surface area (Å²) in [6, 6.07) is 17.5. The van der Waals surface area contributed by atoms with Crippen LogP contribution in [0.1, 0.15) is 6.92 Å². The van der Waals surface area contributed by atoms with E-state index >= 15 is 0 Å². The average Bonchev–Trinajstić information content (AvgIpc) is 3.02. The van der Waals surface area contributed by atoms with Gasteiger partial charge in [0, 0.05) is 18.3 Å². The molecule has 3 aromatic carbocycles. The number of aromatic nitrogens is 1. The number of hydrogen-bond donors (Lipinski definition) is 0. The molecule has 0 aliphatic heterocycles. The van der Waals surface area contributed by atoms with Crippen molar-refractivity contribution in [3.63, 3.8) is 0 Å². The second-order valence-corrected chi connectivity index (χ2v) is 6.53. The highest BCUT2D eigenvalue weighted by Gasteiger charge is 2.20. The van der Waals surface area contributed by atoms with Gasteiger partial charge in [0.25, 0.3) is 5.69 Å². The number of nitrogens with zero attached hydrogens (tertiary/aromatic N) is 3. The Balaban J connectivity index is 1.67. The van der Waals surface area contributed by atoms with Crippen LogP contribution in [0, 0.1) is 10.1 Å². The number of nitro groups is 1. The highest BCUT2D eigenvalue weighted by atomic mass is 16.6. The summed E-state index contributed by atoms with van der Waals surface area (Å²) in [4.78, 5) is 37.1. The van der Waals surface area contributed by atoms with E-state index in [2.05, 4.69) is 0 Å². The number of fused-ring (bicyclic) bond motifs is 2. The Hall–Kier alpha value is -3.94. The van der Waals surface area contributed by atoms with Crippen LogP contribution in [0.2, 0.25) is 0 Å². The van der Waals surface area contributed by atoms with E-state index in [4.69, 9.17) is 4.42 Å². The van der Waals surface area contributed by atoms with Crippen molar-refractivity contribution in [2.24, 2.45) is 0 Å². The number of nitro benzene ring substituents is 1. The molecule has 0 N–H and O–H groups in total. The van der Waals surface area contributed by atoms with Crippen LogP contribution >= 0.6 is 0 Å². The summed E-state index contributed by atoms with van der Waals surface area (Å²) < 4.78 is 6.29. The van der Waals surface area contributed by atoms with E-state index in [1.807, 2.05) is 49.4 Å². The minimum absolute atomic E-state index is 0.0748. The smallest absolute Gasteiger partial charge is 0.407 e. The van der Waals surface area contributed by atoms with Gasteiger partial charge in [0.2, 0.25) is 5.91 Å². The summed E-state index contributed by atoms with van der Waals surface area (Å²) in [5.41, 5.74) is 0.957. The van der Waals surface area contributed by atoms with Crippen LogP contribution in [0.25, 0.3) is 21.9 Å².